The molecule has 0 aliphatic carbocycles. The number of thioether (sulfide) groups is 1. The number of thiocarbonyl (C=S) groups is 1. The number of amides is 2. The van der Waals surface area contributed by atoms with Gasteiger partial charge in [-0.15, -0.1) is 0 Å². The Kier molecular flexibility index (Phi) is 4.05. The normalized spacial score (nSPS) is 18.7. The molecule has 0 radical (unpaired) electrons. The fraction of sp³-hybridized carbons (Fsp3) is 0.143. The summed E-state index contributed by atoms with van der Waals surface area (Å²) in [6.07, 6.45) is 1.62. The number of carbonyl (C=O) groups excluding carboxylic acids is 2. The van der Waals surface area contributed by atoms with Crippen molar-refractivity contribution < 1.29 is 24.2 Å². The third kappa shape index (κ3) is 3.20. The zero-order chi connectivity index (χ0) is 16.6. The van der Waals surface area contributed by atoms with Gasteiger partial charge in [0.15, 0.2) is 6.61 Å². The van der Waals surface area contributed by atoms with E-state index in [0.717, 1.165) is 16.7 Å². The van der Waals surface area contributed by atoms with Gasteiger partial charge in [-0.25, -0.2) is 0 Å². The zero-order valence-corrected chi connectivity index (χ0v) is 13.2. The Morgan fingerprint density at radius 2 is 2.26 bits per heavy atom. The third-order valence-corrected chi connectivity index (χ3v) is 4.32. The molecule has 3 rings (SSSR count). The molecule has 0 bridgehead atoms. The Balaban J connectivity index is 1.97. The van der Waals surface area contributed by atoms with Crippen LogP contribution in [0.25, 0.3) is 6.08 Å². The maximum absolute atomic E-state index is 11.9. The Morgan fingerprint density at radius 3 is 2.91 bits per heavy atom. The molecule has 0 atom stereocenters. The number of nitrogens with zero attached hydrogens (tertiary/aromatic N) is 1. The summed E-state index contributed by atoms with van der Waals surface area (Å²) < 4.78 is 5.68. The van der Waals surface area contributed by atoms with E-state index in [4.69, 9.17) is 22.1 Å². The molecule has 2 N–H and O–H groups in total. The first-order valence-electron chi connectivity index (χ1n) is 6.48. The Hall–Kier alpha value is -2.39. The first kappa shape index (κ1) is 15.5. The lowest BCUT2D eigenvalue weighted by Crippen LogP contribution is -2.41. The quantitative estimate of drug-likeness (QED) is 0.620. The predicted octanol–water partition coefficient (Wildman–Crippen LogP) is 0.985. The molecule has 0 saturated carbocycles. The van der Waals surface area contributed by atoms with Crippen molar-refractivity contribution in [2.75, 3.05) is 18.1 Å². The molecule has 1 aromatic carbocycles. The van der Waals surface area contributed by atoms with Gasteiger partial charge in [-0.05, 0) is 23.8 Å². The van der Waals surface area contributed by atoms with Gasteiger partial charge in [-0.2, -0.15) is 0 Å². The van der Waals surface area contributed by atoms with Crippen LogP contribution in [0.4, 0.5) is 5.69 Å². The predicted molar refractivity (Wildman–Crippen MR) is 88.2 cm³/mol. The molecule has 1 saturated heterocycles. The van der Waals surface area contributed by atoms with Gasteiger partial charge in [-0.1, -0.05) is 30.0 Å². The van der Waals surface area contributed by atoms with Gasteiger partial charge in [-0.3, -0.25) is 19.3 Å². The zero-order valence-electron chi connectivity index (χ0n) is 11.6. The molecule has 2 aliphatic heterocycles. The third-order valence-electron chi connectivity index (χ3n) is 3.16. The molecule has 2 amide bonds. The lowest BCUT2D eigenvalue weighted by atomic mass is 10.1. The molecule has 7 nitrogen and oxygen atoms in total. The maximum Gasteiger partial charge on any atom is 0.323 e. The van der Waals surface area contributed by atoms with Gasteiger partial charge in [0.2, 0.25) is 0 Å². The number of benzene rings is 1. The number of nitrogens with one attached hydrogen (secondary N) is 1. The van der Waals surface area contributed by atoms with E-state index < -0.39 is 18.4 Å². The summed E-state index contributed by atoms with van der Waals surface area (Å²) in [6, 6.07) is 4.96. The minimum absolute atomic E-state index is 0.201. The van der Waals surface area contributed by atoms with Gasteiger partial charge in [0.05, 0.1) is 10.6 Å². The number of fused-ring (bicyclic) bond motifs is 1. The molecule has 118 valence electrons. The van der Waals surface area contributed by atoms with E-state index in [2.05, 4.69) is 5.32 Å². The van der Waals surface area contributed by atoms with Crippen molar-refractivity contribution in [2.45, 2.75) is 0 Å². The van der Waals surface area contributed by atoms with Crippen molar-refractivity contribution in [3.63, 3.8) is 0 Å². The molecule has 9 heteroatoms. The van der Waals surface area contributed by atoms with Crippen LogP contribution in [0.3, 0.4) is 0 Å². The maximum atomic E-state index is 11.9. The average molecular weight is 350 g/mol. The summed E-state index contributed by atoms with van der Waals surface area (Å²) in [5.74, 6) is -1.41. The van der Waals surface area contributed by atoms with Crippen LogP contribution in [-0.2, 0) is 14.4 Å². The van der Waals surface area contributed by atoms with Crippen LogP contribution in [0.5, 0.6) is 5.75 Å². The van der Waals surface area contributed by atoms with Crippen LogP contribution in [0.2, 0.25) is 0 Å². The number of hydrogen-bond donors (Lipinski definition) is 2. The van der Waals surface area contributed by atoms with Crippen LogP contribution in [0.15, 0.2) is 23.1 Å². The van der Waals surface area contributed by atoms with E-state index in [1.165, 1.54) is 0 Å². The molecule has 1 fully saturated rings. The van der Waals surface area contributed by atoms with E-state index >= 15 is 0 Å². The summed E-state index contributed by atoms with van der Waals surface area (Å²) in [6.45, 7) is -0.651. The Morgan fingerprint density at radius 1 is 1.48 bits per heavy atom. The van der Waals surface area contributed by atoms with E-state index in [1.807, 2.05) is 0 Å². The van der Waals surface area contributed by atoms with Crippen LogP contribution in [-0.4, -0.2) is 40.4 Å². The first-order chi connectivity index (χ1) is 10.9. The highest BCUT2D eigenvalue weighted by Crippen LogP contribution is 2.34. The molecular weight excluding hydrogens is 340 g/mol. The van der Waals surface area contributed by atoms with Gasteiger partial charge < -0.3 is 15.2 Å². The number of ether oxygens (including phenoxy) is 1. The van der Waals surface area contributed by atoms with Gasteiger partial charge in [0.1, 0.15) is 16.6 Å². The summed E-state index contributed by atoms with van der Waals surface area (Å²) in [5.41, 5.74) is 1.00. The summed E-state index contributed by atoms with van der Waals surface area (Å²) in [4.78, 5) is 36.1. The van der Waals surface area contributed by atoms with Crippen molar-refractivity contribution in [3.05, 3.63) is 28.7 Å². The summed E-state index contributed by atoms with van der Waals surface area (Å²) in [7, 11) is 0. The fourth-order valence-corrected chi connectivity index (χ4v) is 3.23. The number of carbonyl (C=O) groups is 3. The Labute approximate surface area is 140 Å². The smallest absolute Gasteiger partial charge is 0.323 e. The second-order valence-corrected chi connectivity index (χ2v) is 6.46. The van der Waals surface area contributed by atoms with E-state index in [9.17, 15) is 14.4 Å². The van der Waals surface area contributed by atoms with Gasteiger partial charge in [0.25, 0.3) is 11.8 Å². The second-order valence-electron chi connectivity index (χ2n) is 4.74. The number of carboxylic acids is 1. The monoisotopic (exact) mass is 350 g/mol. The van der Waals surface area contributed by atoms with Crippen molar-refractivity contribution >= 4 is 57.8 Å². The highest BCUT2D eigenvalue weighted by Gasteiger charge is 2.28. The van der Waals surface area contributed by atoms with Crippen LogP contribution in [0.1, 0.15) is 5.56 Å². The Bertz CT molecular complexity index is 774. The standard InChI is InChI=1S/C14H10N2O5S2/c17-11-6-21-9-2-1-7(3-8(9)16(11)5-12(18)19)4-10-13(20)15-14(22)23-10/h1-4H,5-6H2,(H,18,19)(H,15,20,22). The average Bonchev–Trinajstić information content (AvgIpc) is 2.80. The first-order valence-corrected chi connectivity index (χ1v) is 7.70. The second kappa shape index (κ2) is 6.01. The highest BCUT2D eigenvalue weighted by molar-refractivity contribution is 8.26. The summed E-state index contributed by atoms with van der Waals surface area (Å²) in [5, 5.41) is 11.5. The number of hydrogen-bond acceptors (Lipinski definition) is 6. The minimum atomic E-state index is -1.12. The molecule has 1 aromatic rings. The number of anilines is 1. The molecule has 2 heterocycles. The van der Waals surface area contributed by atoms with Crippen molar-refractivity contribution in [1.82, 2.24) is 5.32 Å². The molecule has 0 unspecified atom stereocenters. The highest BCUT2D eigenvalue weighted by atomic mass is 32.2. The van der Waals surface area contributed by atoms with Gasteiger partial charge >= 0.3 is 5.97 Å². The van der Waals surface area contributed by atoms with Crippen LogP contribution in [0, 0.1) is 0 Å². The van der Waals surface area contributed by atoms with Crippen LogP contribution >= 0.6 is 24.0 Å². The lowest BCUT2D eigenvalue weighted by molar-refractivity contribution is -0.137. The van der Waals surface area contributed by atoms with E-state index in [-0.39, 0.29) is 12.5 Å². The topological polar surface area (TPSA) is 95.9 Å². The number of aliphatic carboxylic acids is 1. The number of rotatable bonds is 3. The molecule has 23 heavy (non-hydrogen) atoms. The fourth-order valence-electron chi connectivity index (χ4n) is 2.19. The lowest BCUT2D eigenvalue weighted by Gasteiger charge is -2.28. The number of carboxylic acid groups (broad SMARTS) is 1. The molecular formula is C14H10N2O5S2. The largest absolute Gasteiger partial charge is 0.482 e. The van der Waals surface area contributed by atoms with Gasteiger partial charge in [0, 0.05) is 0 Å². The van der Waals surface area contributed by atoms with Crippen molar-refractivity contribution in [1.29, 1.82) is 0 Å². The molecule has 2 aliphatic rings. The molecule has 0 aromatic heterocycles. The van der Waals surface area contributed by atoms with E-state index in [0.29, 0.717) is 26.2 Å². The van der Waals surface area contributed by atoms with E-state index in [1.54, 1.807) is 24.3 Å². The molecule has 0 spiro atoms. The minimum Gasteiger partial charge on any atom is -0.482 e. The SMILES string of the molecule is O=C(O)CN1C(=O)COc2ccc(C=C3SC(=S)NC3=O)cc21. The van der Waals surface area contributed by atoms with Crippen LogP contribution < -0.4 is 15.0 Å². The van der Waals surface area contributed by atoms with Crippen molar-refractivity contribution in [2.24, 2.45) is 0 Å². The summed E-state index contributed by atoms with van der Waals surface area (Å²) >= 11 is 6.06. The van der Waals surface area contributed by atoms with Crippen molar-refractivity contribution in [3.8, 4) is 5.75 Å².